The average Bonchev–Trinajstić information content (AvgIpc) is 2.63. The van der Waals surface area contributed by atoms with Gasteiger partial charge in [0.05, 0.1) is 6.61 Å². The Morgan fingerprint density at radius 3 is 2.46 bits per heavy atom. The molecule has 0 aromatic carbocycles. The van der Waals surface area contributed by atoms with Crippen LogP contribution in [0.25, 0.3) is 0 Å². The van der Waals surface area contributed by atoms with Crippen LogP contribution in [0.5, 0.6) is 0 Å². The van der Waals surface area contributed by atoms with Crippen molar-refractivity contribution in [2.45, 2.75) is 44.6 Å². The van der Waals surface area contributed by atoms with Crippen molar-refractivity contribution in [2.75, 3.05) is 13.2 Å². The summed E-state index contributed by atoms with van der Waals surface area (Å²) in [7, 11) is 0. The summed E-state index contributed by atoms with van der Waals surface area (Å²) in [5.74, 6) is 1.53. The van der Waals surface area contributed by atoms with Crippen LogP contribution in [0.2, 0.25) is 0 Å². The van der Waals surface area contributed by atoms with Crippen LogP contribution < -0.4 is 5.73 Å². The second-order valence-electron chi connectivity index (χ2n) is 4.98. The summed E-state index contributed by atoms with van der Waals surface area (Å²) in [5.41, 5.74) is 6.56. The van der Waals surface area contributed by atoms with Gasteiger partial charge in [-0.15, -0.1) is 0 Å². The third-order valence-electron chi connectivity index (χ3n) is 3.95. The molecule has 0 amide bonds. The lowest BCUT2D eigenvalue weighted by Gasteiger charge is -2.40. The zero-order valence-corrected chi connectivity index (χ0v) is 8.59. The normalized spacial score (nSPS) is 46.6. The van der Waals surface area contributed by atoms with Crippen molar-refractivity contribution >= 4 is 0 Å². The first-order chi connectivity index (χ1) is 6.21. The molecule has 2 aliphatic rings. The van der Waals surface area contributed by atoms with E-state index >= 15 is 0 Å². The highest BCUT2D eigenvalue weighted by Gasteiger charge is 2.39. The van der Waals surface area contributed by atoms with Crippen LogP contribution in [0.3, 0.4) is 0 Å². The monoisotopic (exact) mass is 183 g/mol. The lowest BCUT2D eigenvalue weighted by molar-refractivity contribution is 0.130. The maximum absolute atomic E-state index is 6.45. The Kier molecular flexibility index (Phi) is 2.61. The summed E-state index contributed by atoms with van der Waals surface area (Å²) in [6.07, 6.45) is 6.23. The van der Waals surface area contributed by atoms with Crippen molar-refractivity contribution in [3.63, 3.8) is 0 Å². The lowest BCUT2D eigenvalue weighted by atomic mass is 9.70. The topological polar surface area (TPSA) is 35.2 Å². The van der Waals surface area contributed by atoms with Crippen LogP contribution in [-0.2, 0) is 4.74 Å². The molecule has 2 nitrogen and oxygen atoms in total. The Labute approximate surface area is 80.8 Å². The van der Waals surface area contributed by atoms with Gasteiger partial charge in [-0.1, -0.05) is 6.92 Å². The van der Waals surface area contributed by atoms with Gasteiger partial charge in [0.25, 0.3) is 0 Å². The standard InChI is InChI=1S/C11H21NO/c1-9-2-5-11(12,6-3-9)10-4-7-13-8-10/h9-10H,2-8,12H2,1H3. The van der Waals surface area contributed by atoms with Crippen LogP contribution in [-0.4, -0.2) is 18.8 Å². The molecule has 1 saturated heterocycles. The van der Waals surface area contributed by atoms with Crippen LogP contribution in [0.4, 0.5) is 0 Å². The second-order valence-corrected chi connectivity index (χ2v) is 4.98. The first kappa shape index (κ1) is 9.47. The summed E-state index contributed by atoms with van der Waals surface area (Å²) in [6, 6.07) is 0. The van der Waals surface area contributed by atoms with E-state index in [1.807, 2.05) is 0 Å². The van der Waals surface area contributed by atoms with Crippen LogP contribution >= 0.6 is 0 Å². The molecule has 2 rings (SSSR count). The largest absolute Gasteiger partial charge is 0.381 e. The average molecular weight is 183 g/mol. The van der Waals surface area contributed by atoms with Gasteiger partial charge in [0.2, 0.25) is 0 Å². The van der Waals surface area contributed by atoms with Crippen molar-refractivity contribution in [1.29, 1.82) is 0 Å². The summed E-state index contributed by atoms with van der Waals surface area (Å²) in [6.45, 7) is 4.18. The van der Waals surface area contributed by atoms with Gasteiger partial charge >= 0.3 is 0 Å². The molecule has 2 N–H and O–H groups in total. The van der Waals surface area contributed by atoms with E-state index in [4.69, 9.17) is 10.5 Å². The van der Waals surface area contributed by atoms with E-state index in [9.17, 15) is 0 Å². The number of hydrogen-bond acceptors (Lipinski definition) is 2. The van der Waals surface area contributed by atoms with Crippen molar-refractivity contribution < 1.29 is 4.74 Å². The van der Waals surface area contributed by atoms with E-state index in [0.29, 0.717) is 5.92 Å². The molecule has 1 atom stereocenters. The molecule has 0 aromatic heterocycles. The van der Waals surface area contributed by atoms with Gasteiger partial charge in [-0.05, 0) is 38.0 Å². The number of rotatable bonds is 1. The zero-order valence-electron chi connectivity index (χ0n) is 8.59. The highest BCUT2D eigenvalue weighted by Crippen LogP contribution is 2.38. The second kappa shape index (κ2) is 3.58. The Morgan fingerprint density at radius 2 is 1.92 bits per heavy atom. The minimum Gasteiger partial charge on any atom is -0.381 e. The number of hydrogen-bond donors (Lipinski definition) is 1. The Balaban J connectivity index is 1.95. The molecule has 13 heavy (non-hydrogen) atoms. The van der Waals surface area contributed by atoms with Gasteiger partial charge in [0, 0.05) is 18.1 Å². The summed E-state index contributed by atoms with van der Waals surface area (Å²) in [5, 5.41) is 0. The SMILES string of the molecule is CC1CCC(N)(C2CCOC2)CC1. The van der Waals surface area contributed by atoms with Crippen molar-refractivity contribution in [3.8, 4) is 0 Å². The highest BCUT2D eigenvalue weighted by atomic mass is 16.5. The number of nitrogens with two attached hydrogens (primary N) is 1. The molecule has 0 aromatic rings. The van der Waals surface area contributed by atoms with Crippen molar-refractivity contribution in [2.24, 2.45) is 17.6 Å². The third kappa shape index (κ3) is 1.89. The minimum absolute atomic E-state index is 0.114. The van der Waals surface area contributed by atoms with E-state index in [1.165, 1.54) is 32.1 Å². The molecular weight excluding hydrogens is 162 g/mol. The maximum Gasteiger partial charge on any atom is 0.0512 e. The van der Waals surface area contributed by atoms with Gasteiger partial charge < -0.3 is 10.5 Å². The fourth-order valence-corrected chi connectivity index (χ4v) is 2.70. The quantitative estimate of drug-likeness (QED) is 0.674. The molecule has 0 spiro atoms. The molecular formula is C11H21NO. The molecule has 0 radical (unpaired) electrons. The molecule has 1 aliphatic heterocycles. The van der Waals surface area contributed by atoms with Crippen LogP contribution in [0.1, 0.15) is 39.0 Å². The Bertz CT molecular complexity index is 167. The molecule has 0 bridgehead atoms. The minimum atomic E-state index is 0.114. The molecule has 1 unspecified atom stereocenters. The predicted octanol–water partition coefficient (Wildman–Crippen LogP) is 1.93. The molecule has 1 saturated carbocycles. The molecule has 2 fully saturated rings. The Hall–Kier alpha value is -0.0800. The number of ether oxygens (including phenoxy) is 1. The third-order valence-corrected chi connectivity index (χ3v) is 3.95. The van der Waals surface area contributed by atoms with Gasteiger partial charge in [-0.25, -0.2) is 0 Å². The molecule has 1 aliphatic carbocycles. The van der Waals surface area contributed by atoms with E-state index in [-0.39, 0.29) is 5.54 Å². The van der Waals surface area contributed by atoms with E-state index in [2.05, 4.69) is 6.92 Å². The fraction of sp³-hybridized carbons (Fsp3) is 1.00. The van der Waals surface area contributed by atoms with Gasteiger partial charge in [0.1, 0.15) is 0 Å². The van der Waals surface area contributed by atoms with Gasteiger partial charge in [-0.3, -0.25) is 0 Å². The van der Waals surface area contributed by atoms with Crippen molar-refractivity contribution in [1.82, 2.24) is 0 Å². The summed E-state index contributed by atoms with van der Waals surface area (Å²) < 4.78 is 5.42. The van der Waals surface area contributed by atoms with Gasteiger partial charge in [0.15, 0.2) is 0 Å². The van der Waals surface area contributed by atoms with E-state index in [1.54, 1.807) is 0 Å². The fourth-order valence-electron chi connectivity index (χ4n) is 2.70. The Morgan fingerprint density at radius 1 is 1.23 bits per heavy atom. The zero-order chi connectivity index (χ0) is 9.31. The smallest absolute Gasteiger partial charge is 0.0512 e. The first-order valence-electron chi connectivity index (χ1n) is 5.57. The van der Waals surface area contributed by atoms with Crippen molar-refractivity contribution in [3.05, 3.63) is 0 Å². The molecule has 2 heteroatoms. The van der Waals surface area contributed by atoms with Crippen LogP contribution in [0.15, 0.2) is 0 Å². The van der Waals surface area contributed by atoms with E-state index in [0.717, 1.165) is 19.1 Å². The molecule has 1 heterocycles. The first-order valence-corrected chi connectivity index (χ1v) is 5.57. The van der Waals surface area contributed by atoms with Gasteiger partial charge in [-0.2, -0.15) is 0 Å². The van der Waals surface area contributed by atoms with E-state index < -0.39 is 0 Å². The highest BCUT2D eigenvalue weighted by molar-refractivity contribution is 4.95. The molecule has 76 valence electrons. The summed E-state index contributed by atoms with van der Waals surface area (Å²) >= 11 is 0. The predicted molar refractivity (Wildman–Crippen MR) is 53.5 cm³/mol. The lowest BCUT2D eigenvalue weighted by Crippen LogP contribution is -2.49. The maximum atomic E-state index is 6.45. The summed E-state index contributed by atoms with van der Waals surface area (Å²) in [4.78, 5) is 0. The van der Waals surface area contributed by atoms with Crippen LogP contribution in [0, 0.1) is 11.8 Å².